The molecule has 52 heavy (non-hydrogen) atoms. The van der Waals surface area contributed by atoms with Gasteiger partial charge in [-0.2, -0.15) is 0 Å². The van der Waals surface area contributed by atoms with Gasteiger partial charge in [0.1, 0.15) is 40.1 Å². The van der Waals surface area contributed by atoms with Crippen LogP contribution < -0.4 is 27.8 Å². The molecule has 4 rings (SSSR count). The summed E-state index contributed by atoms with van der Waals surface area (Å²) in [6, 6.07) is 19.5. The Bertz CT molecular complexity index is 1860. The fourth-order valence-corrected chi connectivity index (χ4v) is 6.80. The summed E-state index contributed by atoms with van der Waals surface area (Å²) in [5.41, 5.74) is 5.12. The molecule has 280 valence electrons. The van der Waals surface area contributed by atoms with Crippen LogP contribution in [0, 0.1) is 27.7 Å². The fourth-order valence-electron chi connectivity index (χ4n) is 5.61. The minimum Gasteiger partial charge on any atom is -0.497 e. The molecule has 0 amide bonds. The Morgan fingerprint density at radius 1 is 0.558 bits per heavy atom. The van der Waals surface area contributed by atoms with Gasteiger partial charge in [0.2, 0.25) is 0 Å². The van der Waals surface area contributed by atoms with Gasteiger partial charge in [0.05, 0.1) is 14.2 Å². The molecule has 8 nitrogen and oxygen atoms in total. The molecule has 0 bridgehead atoms. The normalized spacial score (nSPS) is 12.0. The molecule has 0 aliphatic carbocycles. The van der Waals surface area contributed by atoms with E-state index >= 15 is 0 Å². The second kappa shape index (κ2) is 15.7. The summed E-state index contributed by atoms with van der Waals surface area (Å²) in [7, 11) is 1.11. The SMILES string of the molecule is COc1cc(-c2cc(OC)cc(C(C)(C)C)c2OP(Oc2ccc(C)cc2C)Oc2ccc(C)cc2C)c(OC(=O)OC(C)(C)C)c(C(C)(C)C)c1. The first-order valence-corrected chi connectivity index (χ1v) is 18.5. The van der Waals surface area contributed by atoms with Crippen molar-refractivity contribution in [3.05, 3.63) is 94.0 Å². The lowest BCUT2D eigenvalue weighted by Gasteiger charge is -2.30. The van der Waals surface area contributed by atoms with E-state index in [0.29, 0.717) is 45.6 Å². The average molecular weight is 731 g/mol. The van der Waals surface area contributed by atoms with Gasteiger partial charge in [-0.1, -0.05) is 76.9 Å². The van der Waals surface area contributed by atoms with Gasteiger partial charge in [-0.3, -0.25) is 0 Å². The monoisotopic (exact) mass is 730 g/mol. The average Bonchev–Trinajstić information content (AvgIpc) is 3.01. The Morgan fingerprint density at radius 3 is 1.37 bits per heavy atom. The van der Waals surface area contributed by atoms with Crippen molar-refractivity contribution in [2.75, 3.05) is 14.2 Å². The molecule has 0 heterocycles. The summed E-state index contributed by atoms with van der Waals surface area (Å²) < 4.78 is 43.9. The highest BCUT2D eigenvalue weighted by atomic mass is 31.2. The molecule has 0 aliphatic heterocycles. The van der Waals surface area contributed by atoms with E-state index in [1.165, 1.54) is 0 Å². The first-order valence-electron chi connectivity index (χ1n) is 17.4. The van der Waals surface area contributed by atoms with E-state index in [1.807, 2.05) is 97.0 Å². The van der Waals surface area contributed by atoms with Gasteiger partial charge in [0.15, 0.2) is 0 Å². The molecule has 0 unspecified atom stereocenters. The van der Waals surface area contributed by atoms with Gasteiger partial charge in [-0.25, -0.2) is 4.79 Å². The molecule has 4 aromatic carbocycles. The molecule has 0 aromatic heterocycles. The van der Waals surface area contributed by atoms with Crippen LogP contribution in [-0.2, 0) is 15.6 Å². The predicted molar refractivity (Wildman–Crippen MR) is 210 cm³/mol. The van der Waals surface area contributed by atoms with Crippen molar-refractivity contribution in [3.63, 3.8) is 0 Å². The van der Waals surface area contributed by atoms with Gasteiger partial charge < -0.3 is 32.5 Å². The number of ether oxygens (including phenoxy) is 4. The van der Waals surface area contributed by atoms with Crippen molar-refractivity contribution in [2.24, 2.45) is 0 Å². The summed E-state index contributed by atoms with van der Waals surface area (Å²) in [6.45, 7) is 25.9. The number of rotatable bonds is 10. The van der Waals surface area contributed by atoms with Crippen LogP contribution >= 0.6 is 8.60 Å². The van der Waals surface area contributed by atoms with Crippen molar-refractivity contribution in [2.45, 2.75) is 106 Å². The zero-order valence-corrected chi connectivity index (χ0v) is 34.4. The second-order valence-electron chi connectivity index (χ2n) is 16.2. The first-order chi connectivity index (χ1) is 24.1. The van der Waals surface area contributed by atoms with Crippen molar-refractivity contribution in [1.29, 1.82) is 0 Å². The quantitative estimate of drug-likeness (QED) is 0.0906. The Morgan fingerprint density at radius 2 is 0.981 bits per heavy atom. The van der Waals surface area contributed by atoms with Gasteiger partial charge >= 0.3 is 14.8 Å². The van der Waals surface area contributed by atoms with Crippen LogP contribution in [0.2, 0.25) is 0 Å². The van der Waals surface area contributed by atoms with E-state index in [9.17, 15) is 4.79 Å². The molecular formula is C43H55O8P. The molecule has 0 radical (unpaired) electrons. The number of hydrogen-bond acceptors (Lipinski definition) is 8. The maximum atomic E-state index is 13.4. The van der Waals surface area contributed by atoms with Crippen LogP contribution in [0.25, 0.3) is 11.1 Å². The van der Waals surface area contributed by atoms with E-state index < -0.39 is 31.2 Å². The molecular weight excluding hydrogens is 675 g/mol. The van der Waals surface area contributed by atoms with E-state index in [0.717, 1.165) is 33.4 Å². The third-order valence-electron chi connectivity index (χ3n) is 8.25. The number of aryl methyl sites for hydroxylation is 4. The van der Waals surface area contributed by atoms with E-state index in [2.05, 4.69) is 32.9 Å². The second-order valence-corrected chi connectivity index (χ2v) is 17.2. The number of benzene rings is 4. The summed E-state index contributed by atoms with van der Waals surface area (Å²) in [5, 5.41) is 0. The van der Waals surface area contributed by atoms with Crippen molar-refractivity contribution in [1.82, 2.24) is 0 Å². The van der Waals surface area contributed by atoms with Crippen molar-refractivity contribution in [3.8, 4) is 45.6 Å². The van der Waals surface area contributed by atoms with Crippen molar-refractivity contribution < 1.29 is 37.3 Å². The minimum atomic E-state index is -2.12. The Balaban J connectivity index is 2.06. The Kier molecular flexibility index (Phi) is 12.2. The highest BCUT2D eigenvalue weighted by Gasteiger charge is 2.34. The van der Waals surface area contributed by atoms with Gasteiger partial charge in [0, 0.05) is 22.3 Å². The topological polar surface area (TPSA) is 81.7 Å². The van der Waals surface area contributed by atoms with E-state index in [-0.39, 0.29) is 0 Å². The molecule has 0 atom stereocenters. The summed E-state index contributed by atoms with van der Waals surface area (Å²) in [4.78, 5) is 13.4. The number of hydrogen-bond donors (Lipinski definition) is 0. The molecule has 0 spiro atoms. The third-order valence-corrected chi connectivity index (χ3v) is 9.27. The predicted octanol–water partition coefficient (Wildman–Crippen LogP) is 12.3. The fraction of sp³-hybridized carbons (Fsp3) is 0.419. The third kappa shape index (κ3) is 10.1. The zero-order chi connectivity index (χ0) is 38.8. The van der Waals surface area contributed by atoms with Crippen LogP contribution in [0.4, 0.5) is 4.79 Å². The number of carbonyl (C=O) groups excluding carboxylic acids is 1. The molecule has 0 aliphatic rings. The van der Waals surface area contributed by atoms with Crippen LogP contribution in [-0.4, -0.2) is 26.0 Å². The smallest absolute Gasteiger partial charge is 0.497 e. The van der Waals surface area contributed by atoms with Crippen LogP contribution in [0.1, 0.15) is 95.7 Å². The van der Waals surface area contributed by atoms with Gasteiger partial charge in [0.25, 0.3) is 0 Å². The van der Waals surface area contributed by atoms with E-state index in [4.69, 9.17) is 32.5 Å². The summed E-state index contributed by atoms with van der Waals surface area (Å²) in [6.07, 6.45) is -0.829. The van der Waals surface area contributed by atoms with E-state index in [1.54, 1.807) is 35.0 Å². The number of methoxy groups -OCH3 is 2. The van der Waals surface area contributed by atoms with Crippen LogP contribution in [0.3, 0.4) is 0 Å². The summed E-state index contributed by atoms with van der Waals surface area (Å²) >= 11 is 0. The molecule has 0 saturated carbocycles. The largest absolute Gasteiger partial charge is 0.530 e. The standard InChI is InChI=1S/C43H55O8P/c1-26-16-18-36(28(3)20-26)49-52(50-37-19-17-27(2)21-29(37)4)51-39-33(23-31(46-15)25-35(39)42(8,9)10)32-22-30(45-14)24-34(41(5,6)7)38(32)47-40(44)48-43(11,12)13/h16-25H,1-15H3. The van der Waals surface area contributed by atoms with Crippen molar-refractivity contribution >= 4 is 14.8 Å². The molecule has 0 fully saturated rings. The highest BCUT2D eigenvalue weighted by molar-refractivity contribution is 7.43. The van der Waals surface area contributed by atoms with Gasteiger partial charge in [-0.05, 0) is 107 Å². The summed E-state index contributed by atoms with van der Waals surface area (Å²) in [5.74, 6) is 3.23. The zero-order valence-electron chi connectivity index (χ0n) is 33.5. The number of carbonyl (C=O) groups is 1. The highest BCUT2D eigenvalue weighted by Crippen LogP contribution is 2.54. The van der Waals surface area contributed by atoms with Crippen LogP contribution in [0.15, 0.2) is 60.7 Å². The Hall–Kier alpha value is -4.42. The maximum absolute atomic E-state index is 13.4. The lowest BCUT2D eigenvalue weighted by atomic mass is 9.81. The first kappa shape index (κ1) is 40.4. The Labute approximate surface area is 311 Å². The minimum absolute atomic E-state index is 0.315. The lowest BCUT2D eigenvalue weighted by molar-refractivity contribution is 0.0203. The lowest BCUT2D eigenvalue weighted by Crippen LogP contribution is -2.27. The maximum Gasteiger partial charge on any atom is 0.530 e. The van der Waals surface area contributed by atoms with Gasteiger partial charge in [-0.15, -0.1) is 0 Å². The molecule has 0 saturated heterocycles. The molecule has 4 aromatic rings. The molecule has 9 heteroatoms. The van der Waals surface area contributed by atoms with Crippen LogP contribution in [0.5, 0.6) is 34.5 Å². The molecule has 0 N–H and O–H groups in total.